The normalized spacial score (nSPS) is 29.7. The maximum Gasteiger partial charge on any atom is 0.219 e. The van der Waals surface area contributed by atoms with E-state index >= 15 is 0 Å². The number of nitrogens with zero attached hydrogens (tertiary/aromatic N) is 1. The van der Waals surface area contributed by atoms with E-state index in [1.54, 1.807) is 6.92 Å². The fourth-order valence-electron chi connectivity index (χ4n) is 3.02. The Morgan fingerprint density at radius 2 is 2.20 bits per heavy atom. The summed E-state index contributed by atoms with van der Waals surface area (Å²) >= 11 is 0. The molecule has 2 heterocycles. The third-order valence-corrected chi connectivity index (χ3v) is 4.08. The summed E-state index contributed by atoms with van der Waals surface area (Å²) in [5.74, 6) is 0.423. The summed E-state index contributed by atoms with van der Waals surface area (Å²) in [6.45, 7) is 5.45. The van der Waals surface area contributed by atoms with Gasteiger partial charge in [-0.15, -0.1) is 0 Å². The average molecular weight is 212 g/mol. The van der Waals surface area contributed by atoms with E-state index in [2.05, 4.69) is 5.32 Å². The van der Waals surface area contributed by atoms with E-state index in [1.807, 2.05) is 4.90 Å². The standard InChI is InChI=1S/C11H20N2O2/c1-9(15)13-6-10(7-14)11(8-13)2-4-12-5-3-11/h10,12,14H,2-8H2,1H3. The van der Waals surface area contributed by atoms with E-state index in [1.165, 1.54) is 0 Å². The zero-order chi connectivity index (χ0) is 10.9. The number of likely N-dealkylation sites (tertiary alicyclic amines) is 1. The van der Waals surface area contributed by atoms with Crippen LogP contribution in [0.2, 0.25) is 0 Å². The number of carbonyl (C=O) groups excluding carboxylic acids is 1. The monoisotopic (exact) mass is 212 g/mol. The summed E-state index contributed by atoms with van der Waals surface area (Å²) < 4.78 is 0. The summed E-state index contributed by atoms with van der Waals surface area (Å²) in [6, 6.07) is 0. The van der Waals surface area contributed by atoms with Gasteiger partial charge in [0.25, 0.3) is 0 Å². The van der Waals surface area contributed by atoms with Crippen molar-refractivity contribution in [2.45, 2.75) is 19.8 Å². The van der Waals surface area contributed by atoms with Crippen LogP contribution in [0.15, 0.2) is 0 Å². The lowest BCUT2D eigenvalue weighted by atomic mass is 9.71. The van der Waals surface area contributed by atoms with Crippen molar-refractivity contribution >= 4 is 5.91 Å². The van der Waals surface area contributed by atoms with Crippen molar-refractivity contribution in [3.63, 3.8) is 0 Å². The average Bonchev–Trinajstić information content (AvgIpc) is 2.58. The molecule has 0 aliphatic carbocycles. The van der Waals surface area contributed by atoms with Crippen LogP contribution >= 0.6 is 0 Å². The Morgan fingerprint density at radius 1 is 1.53 bits per heavy atom. The molecule has 1 unspecified atom stereocenters. The van der Waals surface area contributed by atoms with Gasteiger partial charge in [0.2, 0.25) is 5.91 Å². The number of carbonyl (C=O) groups is 1. The molecule has 2 fully saturated rings. The Morgan fingerprint density at radius 3 is 2.73 bits per heavy atom. The van der Waals surface area contributed by atoms with Crippen LogP contribution in [-0.4, -0.2) is 48.7 Å². The van der Waals surface area contributed by atoms with Crippen LogP contribution in [0.4, 0.5) is 0 Å². The predicted molar refractivity (Wildman–Crippen MR) is 57.4 cm³/mol. The molecule has 2 rings (SSSR count). The Labute approximate surface area is 90.6 Å². The van der Waals surface area contributed by atoms with Gasteiger partial charge in [0, 0.05) is 32.5 Å². The summed E-state index contributed by atoms with van der Waals surface area (Å²) in [6.07, 6.45) is 2.17. The first-order valence-corrected chi connectivity index (χ1v) is 5.75. The van der Waals surface area contributed by atoms with Crippen LogP contribution in [0.3, 0.4) is 0 Å². The van der Waals surface area contributed by atoms with Gasteiger partial charge in [-0.2, -0.15) is 0 Å². The van der Waals surface area contributed by atoms with Crippen molar-refractivity contribution in [1.29, 1.82) is 0 Å². The molecule has 0 aromatic heterocycles. The Bertz CT molecular complexity index is 249. The first-order valence-electron chi connectivity index (χ1n) is 5.75. The fourth-order valence-corrected chi connectivity index (χ4v) is 3.02. The highest BCUT2D eigenvalue weighted by molar-refractivity contribution is 5.73. The second kappa shape index (κ2) is 4.10. The topological polar surface area (TPSA) is 52.6 Å². The van der Waals surface area contributed by atoms with Crippen molar-refractivity contribution in [2.24, 2.45) is 11.3 Å². The van der Waals surface area contributed by atoms with E-state index in [-0.39, 0.29) is 23.8 Å². The molecule has 0 bridgehead atoms. The number of aliphatic hydroxyl groups excluding tert-OH is 1. The van der Waals surface area contributed by atoms with Gasteiger partial charge in [-0.3, -0.25) is 4.79 Å². The molecular weight excluding hydrogens is 192 g/mol. The van der Waals surface area contributed by atoms with Crippen LogP contribution in [0.25, 0.3) is 0 Å². The quantitative estimate of drug-likeness (QED) is 0.634. The summed E-state index contributed by atoms with van der Waals surface area (Å²) in [4.78, 5) is 13.3. The lowest BCUT2D eigenvalue weighted by molar-refractivity contribution is -0.128. The molecule has 2 saturated heterocycles. The van der Waals surface area contributed by atoms with Crippen LogP contribution in [0.5, 0.6) is 0 Å². The molecule has 2 aliphatic rings. The maximum absolute atomic E-state index is 11.4. The summed E-state index contributed by atoms with van der Waals surface area (Å²) in [5, 5.41) is 12.8. The Kier molecular flexibility index (Phi) is 2.98. The smallest absolute Gasteiger partial charge is 0.219 e. The SMILES string of the molecule is CC(=O)N1CC(CO)C2(CCNCC2)C1. The van der Waals surface area contributed by atoms with Crippen molar-refractivity contribution in [3.8, 4) is 0 Å². The number of aliphatic hydroxyl groups is 1. The molecule has 1 amide bonds. The van der Waals surface area contributed by atoms with Gasteiger partial charge in [0.15, 0.2) is 0 Å². The Hall–Kier alpha value is -0.610. The van der Waals surface area contributed by atoms with Gasteiger partial charge in [-0.1, -0.05) is 0 Å². The third-order valence-electron chi connectivity index (χ3n) is 4.08. The molecule has 2 N–H and O–H groups in total. The largest absolute Gasteiger partial charge is 0.396 e. The molecule has 0 radical (unpaired) electrons. The van der Waals surface area contributed by atoms with Crippen LogP contribution in [0.1, 0.15) is 19.8 Å². The summed E-state index contributed by atoms with van der Waals surface area (Å²) in [5.41, 5.74) is 0.186. The number of rotatable bonds is 1. The molecule has 2 aliphatic heterocycles. The number of hydrogen-bond donors (Lipinski definition) is 2. The van der Waals surface area contributed by atoms with E-state index in [4.69, 9.17) is 0 Å². The first kappa shape index (κ1) is 10.9. The Balaban J connectivity index is 2.12. The van der Waals surface area contributed by atoms with Gasteiger partial charge >= 0.3 is 0 Å². The molecule has 4 nitrogen and oxygen atoms in total. The van der Waals surface area contributed by atoms with Gasteiger partial charge < -0.3 is 15.3 Å². The van der Waals surface area contributed by atoms with Crippen molar-refractivity contribution in [1.82, 2.24) is 10.2 Å². The van der Waals surface area contributed by atoms with Crippen molar-refractivity contribution < 1.29 is 9.90 Å². The highest BCUT2D eigenvalue weighted by atomic mass is 16.3. The molecule has 86 valence electrons. The van der Waals surface area contributed by atoms with E-state index in [0.717, 1.165) is 39.0 Å². The van der Waals surface area contributed by atoms with E-state index < -0.39 is 0 Å². The van der Waals surface area contributed by atoms with Crippen LogP contribution < -0.4 is 5.32 Å². The van der Waals surface area contributed by atoms with Gasteiger partial charge in [-0.25, -0.2) is 0 Å². The van der Waals surface area contributed by atoms with Crippen LogP contribution in [0, 0.1) is 11.3 Å². The second-order valence-corrected chi connectivity index (χ2v) is 4.89. The van der Waals surface area contributed by atoms with Crippen molar-refractivity contribution in [3.05, 3.63) is 0 Å². The highest BCUT2D eigenvalue weighted by Crippen LogP contribution is 2.42. The maximum atomic E-state index is 11.4. The molecule has 1 spiro atoms. The van der Waals surface area contributed by atoms with Crippen molar-refractivity contribution in [2.75, 3.05) is 32.8 Å². The predicted octanol–water partition coefficient (Wildman–Crippen LogP) is -0.173. The molecule has 4 heteroatoms. The van der Waals surface area contributed by atoms with E-state index in [9.17, 15) is 9.90 Å². The lowest BCUT2D eigenvalue weighted by Gasteiger charge is -2.37. The molecule has 0 aromatic carbocycles. The molecular formula is C11H20N2O2. The number of nitrogens with one attached hydrogen (secondary N) is 1. The number of hydrogen-bond acceptors (Lipinski definition) is 3. The van der Waals surface area contributed by atoms with E-state index in [0.29, 0.717) is 0 Å². The molecule has 0 aromatic rings. The molecule has 0 saturated carbocycles. The minimum atomic E-state index is 0.142. The van der Waals surface area contributed by atoms with Gasteiger partial charge in [0.1, 0.15) is 0 Å². The highest BCUT2D eigenvalue weighted by Gasteiger charge is 2.47. The molecule has 1 atom stereocenters. The molecule has 15 heavy (non-hydrogen) atoms. The van der Waals surface area contributed by atoms with Crippen LogP contribution in [-0.2, 0) is 4.79 Å². The summed E-state index contributed by atoms with van der Waals surface area (Å²) in [7, 11) is 0. The van der Waals surface area contributed by atoms with Gasteiger partial charge in [-0.05, 0) is 31.3 Å². The third kappa shape index (κ3) is 1.88. The lowest BCUT2D eigenvalue weighted by Crippen LogP contribution is -2.43. The first-order chi connectivity index (χ1) is 7.18. The fraction of sp³-hybridized carbons (Fsp3) is 0.909. The minimum absolute atomic E-state index is 0.142. The zero-order valence-electron chi connectivity index (χ0n) is 9.33. The second-order valence-electron chi connectivity index (χ2n) is 4.89. The zero-order valence-corrected chi connectivity index (χ0v) is 9.33. The van der Waals surface area contributed by atoms with Gasteiger partial charge in [0.05, 0.1) is 0 Å². The minimum Gasteiger partial charge on any atom is -0.396 e. The number of piperidine rings is 1. The number of amides is 1.